The molecule has 1 saturated heterocycles. The van der Waals surface area contributed by atoms with Gasteiger partial charge in [0, 0.05) is 13.1 Å². The highest BCUT2D eigenvalue weighted by Crippen LogP contribution is 2.33. The number of halogens is 1. The molecule has 2 unspecified atom stereocenters. The molecule has 21 heavy (non-hydrogen) atoms. The lowest BCUT2D eigenvalue weighted by atomic mass is 9.99. The number of amides is 1. The number of rotatable bonds is 3. The summed E-state index contributed by atoms with van der Waals surface area (Å²) in [7, 11) is 0. The van der Waals surface area contributed by atoms with Crippen LogP contribution < -0.4 is 10.1 Å². The first-order valence-electron chi connectivity index (χ1n) is 7.55. The van der Waals surface area contributed by atoms with Crippen LogP contribution in [0.4, 0.5) is 5.69 Å². The van der Waals surface area contributed by atoms with Gasteiger partial charge in [0.25, 0.3) is 5.91 Å². The average Bonchev–Trinajstić information content (AvgIpc) is 2.46. The first-order valence-corrected chi connectivity index (χ1v) is 7.98. The molecule has 5 heteroatoms. The lowest BCUT2D eigenvalue weighted by molar-refractivity contribution is -0.118. The Morgan fingerprint density at radius 3 is 3.19 bits per heavy atom. The van der Waals surface area contributed by atoms with Gasteiger partial charge in [-0.25, -0.2) is 0 Å². The van der Waals surface area contributed by atoms with Crippen LogP contribution in [0, 0.1) is 5.92 Å². The van der Waals surface area contributed by atoms with Crippen molar-refractivity contribution >= 4 is 23.2 Å². The van der Waals surface area contributed by atoms with Crippen LogP contribution in [-0.4, -0.2) is 37.0 Å². The third-order valence-corrected chi connectivity index (χ3v) is 4.55. The number of benzene rings is 1. The van der Waals surface area contributed by atoms with Crippen molar-refractivity contribution in [2.75, 3.05) is 31.6 Å². The molecule has 1 fully saturated rings. The lowest BCUT2D eigenvalue weighted by Crippen LogP contribution is -2.36. The largest absolute Gasteiger partial charge is 0.482 e. The summed E-state index contributed by atoms with van der Waals surface area (Å²) in [5.41, 5.74) is 1.75. The van der Waals surface area contributed by atoms with Gasteiger partial charge in [-0.3, -0.25) is 4.79 Å². The number of piperidine rings is 1. The standard InChI is InChI=1S/C16H21ClN2O2/c1-11-3-2-6-19(8-11)9-13(17)12-4-5-15-14(7-12)18-16(20)10-21-15/h4-5,7,11,13H,2-3,6,8-10H2,1H3,(H,18,20). The molecule has 0 saturated carbocycles. The topological polar surface area (TPSA) is 41.6 Å². The van der Waals surface area contributed by atoms with Crippen molar-refractivity contribution in [2.24, 2.45) is 5.92 Å². The normalized spacial score (nSPS) is 23.9. The predicted molar refractivity (Wildman–Crippen MR) is 84.0 cm³/mol. The minimum Gasteiger partial charge on any atom is -0.482 e. The molecule has 1 N–H and O–H groups in total. The molecule has 1 aromatic carbocycles. The number of nitrogens with one attached hydrogen (secondary N) is 1. The second-order valence-corrected chi connectivity index (χ2v) is 6.59. The number of alkyl halides is 1. The van der Waals surface area contributed by atoms with Gasteiger partial charge < -0.3 is 15.0 Å². The number of nitrogens with zero attached hydrogens (tertiary/aromatic N) is 1. The van der Waals surface area contributed by atoms with Gasteiger partial charge in [0.15, 0.2) is 6.61 Å². The molecular formula is C16H21ClN2O2. The summed E-state index contributed by atoms with van der Waals surface area (Å²) in [6.07, 6.45) is 2.56. The number of likely N-dealkylation sites (tertiary alicyclic amines) is 1. The van der Waals surface area contributed by atoms with Crippen molar-refractivity contribution < 1.29 is 9.53 Å². The summed E-state index contributed by atoms with van der Waals surface area (Å²) >= 11 is 6.57. The van der Waals surface area contributed by atoms with Crippen molar-refractivity contribution in [2.45, 2.75) is 25.1 Å². The quantitative estimate of drug-likeness (QED) is 0.873. The molecule has 2 aliphatic rings. The number of anilines is 1. The van der Waals surface area contributed by atoms with Gasteiger partial charge >= 0.3 is 0 Å². The fraction of sp³-hybridized carbons (Fsp3) is 0.562. The number of ether oxygens (including phenoxy) is 1. The maximum absolute atomic E-state index is 11.4. The Bertz CT molecular complexity index is 535. The van der Waals surface area contributed by atoms with E-state index in [0.29, 0.717) is 5.75 Å². The Kier molecular flexibility index (Phi) is 4.36. The van der Waals surface area contributed by atoms with Crippen LogP contribution in [0.5, 0.6) is 5.75 Å². The first kappa shape index (κ1) is 14.7. The fourth-order valence-electron chi connectivity index (χ4n) is 3.08. The molecule has 4 nitrogen and oxygen atoms in total. The molecule has 3 rings (SSSR count). The molecule has 114 valence electrons. The molecule has 0 aliphatic carbocycles. The van der Waals surface area contributed by atoms with Crippen LogP contribution in [0.15, 0.2) is 18.2 Å². The highest BCUT2D eigenvalue weighted by Gasteiger charge is 2.22. The van der Waals surface area contributed by atoms with E-state index in [9.17, 15) is 4.79 Å². The predicted octanol–water partition coefficient (Wildman–Crippen LogP) is 3.03. The summed E-state index contributed by atoms with van der Waals surface area (Å²) in [5.74, 6) is 1.35. The molecule has 0 aromatic heterocycles. The van der Waals surface area contributed by atoms with E-state index in [1.807, 2.05) is 18.2 Å². The Hall–Kier alpha value is -1.26. The molecule has 2 atom stereocenters. The van der Waals surface area contributed by atoms with Gasteiger partial charge in [-0.1, -0.05) is 13.0 Å². The van der Waals surface area contributed by atoms with E-state index in [1.165, 1.54) is 12.8 Å². The van der Waals surface area contributed by atoms with Gasteiger partial charge in [-0.15, -0.1) is 11.6 Å². The monoisotopic (exact) mass is 308 g/mol. The zero-order valence-electron chi connectivity index (χ0n) is 12.3. The molecule has 0 spiro atoms. The van der Waals surface area contributed by atoms with Gasteiger partial charge in [-0.2, -0.15) is 0 Å². The first-order chi connectivity index (χ1) is 10.1. The van der Waals surface area contributed by atoms with Crippen LogP contribution in [-0.2, 0) is 4.79 Å². The summed E-state index contributed by atoms with van der Waals surface area (Å²) < 4.78 is 5.37. The number of fused-ring (bicyclic) bond motifs is 1. The zero-order chi connectivity index (χ0) is 14.8. The summed E-state index contributed by atoms with van der Waals surface area (Å²) in [4.78, 5) is 13.8. The van der Waals surface area contributed by atoms with E-state index in [1.54, 1.807) is 0 Å². The summed E-state index contributed by atoms with van der Waals surface area (Å²) in [5, 5.41) is 2.76. The van der Waals surface area contributed by atoms with E-state index in [-0.39, 0.29) is 17.9 Å². The highest BCUT2D eigenvalue weighted by molar-refractivity contribution is 6.21. The Morgan fingerprint density at radius 1 is 1.52 bits per heavy atom. The van der Waals surface area contributed by atoms with Crippen LogP contribution in [0.25, 0.3) is 0 Å². The number of hydrogen-bond acceptors (Lipinski definition) is 3. The number of hydrogen-bond donors (Lipinski definition) is 1. The van der Waals surface area contributed by atoms with Gasteiger partial charge in [-0.05, 0) is 43.0 Å². The summed E-state index contributed by atoms with van der Waals surface area (Å²) in [6.45, 7) is 5.47. The maximum Gasteiger partial charge on any atom is 0.262 e. The molecular weight excluding hydrogens is 288 g/mol. The van der Waals surface area contributed by atoms with Gasteiger partial charge in [0.05, 0.1) is 11.1 Å². The Morgan fingerprint density at radius 2 is 2.38 bits per heavy atom. The van der Waals surface area contributed by atoms with Gasteiger partial charge in [0.1, 0.15) is 5.75 Å². The van der Waals surface area contributed by atoms with E-state index in [4.69, 9.17) is 16.3 Å². The van der Waals surface area contributed by atoms with E-state index in [0.717, 1.165) is 36.8 Å². The van der Waals surface area contributed by atoms with E-state index < -0.39 is 0 Å². The molecule has 2 heterocycles. The van der Waals surface area contributed by atoms with Gasteiger partial charge in [0.2, 0.25) is 0 Å². The highest BCUT2D eigenvalue weighted by atomic mass is 35.5. The van der Waals surface area contributed by atoms with Crippen molar-refractivity contribution in [1.29, 1.82) is 0 Å². The van der Waals surface area contributed by atoms with Crippen LogP contribution >= 0.6 is 11.6 Å². The van der Waals surface area contributed by atoms with Crippen LogP contribution in [0.3, 0.4) is 0 Å². The van der Waals surface area contributed by atoms with Crippen molar-refractivity contribution in [1.82, 2.24) is 4.90 Å². The van der Waals surface area contributed by atoms with E-state index in [2.05, 4.69) is 17.1 Å². The minimum atomic E-state index is -0.115. The summed E-state index contributed by atoms with van der Waals surface area (Å²) in [6, 6.07) is 5.80. The molecule has 2 aliphatic heterocycles. The lowest BCUT2D eigenvalue weighted by Gasteiger charge is -2.32. The van der Waals surface area contributed by atoms with Crippen molar-refractivity contribution in [3.63, 3.8) is 0 Å². The molecule has 1 amide bonds. The van der Waals surface area contributed by atoms with Crippen LogP contribution in [0.1, 0.15) is 30.7 Å². The van der Waals surface area contributed by atoms with Crippen LogP contribution in [0.2, 0.25) is 0 Å². The Balaban J connectivity index is 1.68. The maximum atomic E-state index is 11.4. The number of carbonyl (C=O) groups is 1. The second kappa shape index (κ2) is 6.24. The average molecular weight is 309 g/mol. The third kappa shape index (κ3) is 3.50. The number of carbonyl (C=O) groups excluding carboxylic acids is 1. The van der Waals surface area contributed by atoms with E-state index >= 15 is 0 Å². The third-order valence-electron chi connectivity index (χ3n) is 4.16. The smallest absolute Gasteiger partial charge is 0.262 e. The SMILES string of the molecule is CC1CCCN(CC(Cl)c2ccc3c(c2)NC(=O)CO3)C1. The minimum absolute atomic E-state index is 0.0700. The Labute approximate surface area is 130 Å². The zero-order valence-corrected chi connectivity index (χ0v) is 13.0. The molecule has 0 radical (unpaired) electrons. The second-order valence-electron chi connectivity index (χ2n) is 6.07. The van der Waals surface area contributed by atoms with Crippen molar-refractivity contribution in [3.05, 3.63) is 23.8 Å². The fourth-order valence-corrected chi connectivity index (χ4v) is 3.41. The van der Waals surface area contributed by atoms with Crippen molar-refractivity contribution in [3.8, 4) is 5.75 Å². The molecule has 0 bridgehead atoms. The molecule has 1 aromatic rings.